The Labute approximate surface area is 180 Å². The number of carbonyl (C=O) groups is 2. The molecule has 5 nitrogen and oxygen atoms in total. The molecule has 0 aromatic heterocycles. The van der Waals surface area contributed by atoms with Gasteiger partial charge in [0.15, 0.2) is 0 Å². The zero-order chi connectivity index (χ0) is 20.7. The number of allylic oxidation sites excluding steroid dienone is 2. The number of nitrogens with zero attached hydrogens (tertiary/aromatic N) is 2. The van der Waals surface area contributed by atoms with Gasteiger partial charge in [0, 0.05) is 10.6 Å². The molecule has 2 aromatic rings. The Morgan fingerprint density at radius 3 is 2.37 bits per heavy atom. The molecule has 2 bridgehead atoms. The SMILES string of the molecule is O=C1C2C3C=CC(CC3)C2C(=O)N1N=Cc1cccc(OCc2ccccc2Cl)c1. The predicted molar refractivity (Wildman–Crippen MR) is 114 cm³/mol. The maximum atomic E-state index is 12.8. The highest BCUT2D eigenvalue weighted by molar-refractivity contribution is 6.31. The van der Waals surface area contributed by atoms with Crippen LogP contribution in [0.15, 0.2) is 65.8 Å². The third-order valence-electron chi connectivity index (χ3n) is 6.27. The second-order valence-electron chi connectivity index (χ2n) is 8.03. The van der Waals surface area contributed by atoms with E-state index in [1.807, 2.05) is 48.5 Å². The van der Waals surface area contributed by atoms with E-state index < -0.39 is 0 Å². The number of benzene rings is 2. The van der Waals surface area contributed by atoms with Crippen LogP contribution in [-0.2, 0) is 16.2 Å². The molecule has 30 heavy (non-hydrogen) atoms. The number of rotatable bonds is 5. The van der Waals surface area contributed by atoms with Gasteiger partial charge < -0.3 is 4.74 Å². The molecule has 4 unspecified atom stereocenters. The van der Waals surface area contributed by atoms with Gasteiger partial charge in [-0.05, 0) is 48.4 Å². The van der Waals surface area contributed by atoms with Crippen LogP contribution in [0.25, 0.3) is 0 Å². The number of hydrogen-bond donors (Lipinski definition) is 0. The smallest absolute Gasteiger partial charge is 0.254 e. The third-order valence-corrected chi connectivity index (χ3v) is 6.64. The molecule has 4 aliphatic rings. The van der Waals surface area contributed by atoms with E-state index in [1.54, 1.807) is 6.21 Å². The highest BCUT2D eigenvalue weighted by Gasteiger charge is 2.56. The maximum Gasteiger partial charge on any atom is 0.254 e. The fourth-order valence-electron chi connectivity index (χ4n) is 4.76. The molecule has 2 amide bonds. The molecule has 4 atom stereocenters. The lowest BCUT2D eigenvalue weighted by Crippen LogP contribution is -2.38. The third kappa shape index (κ3) is 3.33. The van der Waals surface area contributed by atoms with Crippen LogP contribution in [0.5, 0.6) is 5.75 Å². The van der Waals surface area contributed by atoms with E-state index in [1.165, 1.54) is 0 Å². The van der Waals surface area contributed by atoms with Crippen molar-refractivity contribution in [2.45, 2.75) is 19.4 Å². The van der Waals surface area contributed by atoms with Crippen LogP contribution in [0, 0.1) is 23.7 Å². The first kappa shape index (κ1) is 19.1. The fraction of sp³-hybridized carbons (Fsp3) is 0.292. The molecule has 1 aliphatic heterocycles. The van der Waals surface area contributed by atoms with E-state index in [9.17, 15) is 9.59 Å². The summed E-state index contributed by atoms with van der Waals surface area (Å²) in [5.74, 6) is 0.149. The van der Waals surface area contributed by atoms with E-state index in [0.29, 0.717) is 17.4 Å². The first-order valence-electron chi connectivity index (χ1n) is 10.2. The summed E-state index contributed by atoms with van der Waals surface area (Å²) in [6.45, 7) is 0.350. The molecular weight excluding hydrogens is 400 g/mol. The molecule has 3 aliphatic carbocycles. The average molecular weight is 421 g/mol. The second-order valence-corrected chi connectivity index (χ2v) is 8.43. The summed E-state index contributed by atoms with van der Waals surface area (Å²) in [4.78, 5) is 25.7. The highest BCUT2D eigenvalue weighted by atomic mass is 35.5. The van der Waals surface area contributed by atoms with Gasteiger partial charge in [-0.25, -0.2) is 0 Å². The van der Waals surface area contributed by atoms with Crippen molar-refractivity contribution >= 4 is 29.6 Å². The van der Waals surface area contributed by atoms with Crippen LogP contribution in [-0.4, -0.2) is 23.0 Å². The van der Waals surface area contributed by atoms with E-state index in [0.717, 1.165) is 29.0 Å². The Bertz CT molecular complexity index is 1030. The molecule has 1 saturated carbocycles. The quantitative estimate of drug-likeness (QED) is 0.408. The van der Waals surface area contributed by atoms with Crippen molar-refractivity contribution in [3.8, 4) is 5.75 Å². The standard InChI is InChI=1S/C24H21ClN2O3/c25-20-7-2-1-5-18(20)14-30-19-6-3-4-15(12-19)13-26-27-23(28)21-16-8-9-17(11-10-16)22(21)24(27)29/h1-9,12-13,16-17,21-22H,10-11,14H2. The number of ether oxygens (including phenoxy) is 1. The van der Waals surface area contributed by atoms with Gasteiger partial charge in [0.1, 0.15) is 12.4 Å². The maximum absolute atomic E-state index is 12.8. The second kappa shape index (κ2) is 7.73. The van der Waals surface area contributed by atoms with Crippen LogP contribution in [0.4, 0.5) is 0 Å². The van der Waals surface area contributed by atoms with Crippen LogP contribution < -0.4 is 4.74 Å². The monoisotopic (exact) mass is 420 g/mol. The number of fused-ring (bicyclic) bond motifs is 1. The summed E-state index contributed by atoms with van der Waals surface area (Å²) in [5, 5.41) is 5.99. The lowest BCUT2D eigenvalue weighted by Gasteiger charge is -2.37. The number of imide groups is 1. The van der Waals surface area contributed by atoms with Crippen molar-refractivity contribution in [2.75, 3.05) is 0 Å². The summed E-state index contributed by atoms with van der Waals surface area (Å²) < 4.78 is 5.84. The Hall–Kier alpha value is -2.92. The zero-order valence-corrected chi connectivity index (χ0v) is 17.0. The molecule has 0 N–H and O–H groups in total. The number of halogens is 1. The minimum Gasteiger partial charge on any atom is -0.489 e. The van der Waals surface area contributed by atoms with Crippen molar-refractivity contribution in [1.29, 1.82) is 0 Å². The summed E-state index contributed by atoms with van der Waals surface area (Å²) in [7, 11) is 0. The van der Waals surface area contributed by atoms with Crippen LogP contribution in [0.1, 0.15) is 24.0 Å². The minimum atomic E-state index is -0.247. The van der Waals surface area contributed by atoms with Gasteiger partial charge >= 0.3 is 0 Å². The first-order chi connectivity index (χ1) is 14.6. The van der Waals surface area contributed by atoms with Gasteiger partial charge in [-0.3, -0.25) is 9.59 Å². The molecule has 152 valence electrons. The van der Waals surface area contributed by atoms with E-state index in [4.69, 9.17) is 16.3 Å². The topological polar surface area (TPSA) is 59.0 Å². The first-order valence-corrected chi connectivity index (χ1v) is 10.6. The molecular formula is C24H21ClN2O3. The molecule has 1 heterocycles. The zero-order valence-electron chi connectivity index (χ0n) is 16.3. The van der Waals surface area contributed by atoms with Crippen molar-refractivity contribution in [3.05, 3.63) is 76.8 Å². The number of hydrogen-bond acceptors (Lipinski definition) is 4. The van der Waals surface area contributed by atoms with Gasteiger partial charge in [-0.1, -0.05) is 54.1 Å². The summed E-state index contributed by atoms with van der Waals surface area (Å²) >= 11 is 6.17. The Morgan fingerprint density at radius 2 is 1.70 bits per heavy atom. The van der Waals surface area contributed by atoms with Gasteiger partial charge in [0.2, 0.25) is 0 Å². The number of carbonyl (C=O) groups excluding carboxylic acids is 2. The summed E-state index contributed by atoms with van der Waals surface area (Å²) in [5.41, 5.74) is 1.65. The molecule has 0 radical (unpaired) electrons. The Morgan fingerprint density at radius 1 is 1.00 bits per heavy atom. The summed E-state index contributed by atoms with van der Waals surface area (Å²) in [6, 6.07) is 14.9. The normalized spacial score (nSPS) is 27.2. The number of amides is 2. The van der Waals surface area contributed by atoms with Gasteiger partial charge in [-0.15, -0.1) is 0 Å². The van der Waals surface area contributed by atoms with Crippen molar-refractivity contribution in [1.82, 2.24) is 5.01 Å². The minimum absolute atomic E-state index is 0.165. The van der Waals surface area contributed by atoms with Gasteiger partial charge in [-0.2, -0.15) is 10.1 Å². The number of hydrazone groups is 1. The largest absolute Gasteiger partial charge is 0.489 e. The Kier molecular flexibility index (Phi) is 4.91. The summed E-state index contributed by atoms with van der Waals surface area (Å²) in [6.07, 6.45) is 7.71. The van der Waals surface area contributed by atoms with E-state index in [2.05, 4.69) is 17.3 Å². The van der Waals surface area contributed by atoms with Crippen molar-refractivity contribution in [3.63, 3.8) is 0 Å². The molecule has 6 heteroatoms. The molecule has 2 fully saturated rings. The molecule has 6 rings (SSSR count). The molecule has 1 saturated heterocycles. The van der Waals surface area contributed by atoms with E-state index >= 15 is 0 Å². The Balaban J connectivity index is 1.29. The van der Waals surface area contributed by atoms with Crippen molar-refractivity contribution < 1.29 is 14.3 Å². The van der Waals surface area contributed by atoms with Crippen LogP contribution in [0.3, 0.4) is 0 Å². The lowest BCUT2D eigenvalue weighted by atomic mass is 9.63. The van der Waals surface area contributed by atoms with E-state index in [-0.39, 0.29) is 35.5 Å². The van der Waals surface area contributed by atoms with Crippen molar-refractivity contribution in [2.24, 2.45) is 28.8 Å². The fourth-order valence-corrected chi connectivity index (χ4v) is 4.95. The average Bonchev–Trinajstić information content (AvgIpc) is 3.05. The van der Waals surface area contributed by atoms with Crippen LogP contribution in [0.2, 0.25) is 5.02 Å². The molecule has 2 aromatic carbocycles. The predicted octanol–water partition coefficient (Wildman–Crippen LogP) is 4.45. The van der Waals surface area contributed by atoms with Crippen LogP contribution >= 0.6 is 11.6 Å². The molecule has 0 spiro atoms. The van der Waals surface area contributed by atoms with Gasteiger partial charge in [0.05, 0.1) is 18.1 Å². The highest BCUT2D eigenvalue weighted by Crippen LogP contribution is 2.49. The van der Waals surface area contributed by atoms with Gasteiger partial charge in [0.25, 0.3) is 11.8 Å². The lowest BCUT2D eigenvalue weighted by molar-refractivity contribution is -0.140.